The lowest BCUT2D eigenvalue weighted by atomic mass is 9.84. The fraction of sp³-hybridized carbons (Fsp3) is 1.00. The standard InChI is InChI=1S/C13H28N2O/c1-11(14)12(2,3)9-15-8-6-7-13(4,10-15)16-5/h11H,6-10,14H2,1-5H3. The second kappa shape index (κ2) is 5.03. The van der Waals surface area contributed by atoms with Crippen LogP contribution < -0.4 is 5.73 Å². The van der Waals surface area contributed by atoms with Crippen LogP contribution in [0.15, 0.2) is 0 Å². The van der Waals surface area contributed by atoms with Crippen molar-refractivity contribution >= 4 is 0 Å². The summed E-state index contributed by atoms with van der Waals surface area (Å²) in [7, 11) is 1.82. The average Bonchev–Trinajstić information content (AvgIpc) is 2.17. The van der Waals surface area contributed by atoms with Gasteiger partial charge in [0, 0.05) is 26.2 Å². The zero-order valence-electron chi connectivity index (χ0n) is 11.5. The molecule has 0 spiro atoms. The van der Waals surface area contributed by atoms with E-state index in [0.29, 0.717) is 0 Å². The molecular weight excluding hydrogens is 200 g/mol. The minimum absolute atomic E-state index is 0.0339. The van der Waals surface area contributed by atoms with Gasteiger partial charge in [-0.05, 0) is 38.6 Å². The molecule has 1 heterocycles. The van der Waals surface area contributed by atoms with Gasteiger partial charge < -0.3 is 10.5 Å². The first-order valence-corrected chi connectivity index (χ1v) is 6.32. The molecule has 1 aliphatic heterocycles. The lowest BCUT2D eigenvalue weighted by molar-refractivity contribution is -0.0584. The maximum atomic E-state index is 6.03. The molecule has 0 aromatic rings. The molecule has 3 nitrogen and oxygen atoms in total. The summed E-state index contributed by atoms with van der Waals surface area (Å²) in [4.78, 5) is 2.50. The van der Waals surface area contributed by atoms with Gasteiger partial charge in [0.05, 0.1) is 5.60 Å². The Morgan fingerprint density at radius 1 is 1.50 bits per heavy atom. The summed E-state index contributed by atoms with van der Waals surface area (Å²) in [6.07, 6.45) is 2.39. The molecule has 0 saturated carbocycles. The van der Waals surface area contributed by atoms with Gasteiger partial charge >= 0.3 is 0 Å². The number of methoxy groups -OCH3 is 1. The van der Waals surface area contributed by atoms with E-state index >= 15 is 0 Å². The van der Waals surface area contributed by atoms with Gasteiger partial charge in [0.25, 0.3) is 0 Å². The molecule has 1 aliphatic rings. The number of piperidine rings is 1. The Morgan fingerprint density at radius 2 is 2.12 bits per heavy atom. The van der Waals surface area contributed by atoms with E-state index in [1.54, 1.807) is 0 Å². The Kier molecular flexibility index (Phi) is 4.38. The maximum Gasteiger partial charge on any atom is 0.0777 e. The Labute approximate surface area is 100 Å². The van der Waals surface area contributed by atoms with Crippen LogP contribution in [0, 0.1) is 5.41 Å². The number of rotatable bonds is 4. The third-order valence-corrected chi connectivity index (χ3v) is 4.09. The van der Waals surface area contributed by atoms with Gasteiger partial charge in [-0.1, -0.05) is 13.8 Å². The van der Waals surface area contributed by atoms with Gasteiger partial charge in [-0.3, -0.25) is 4.90 Å². The third-order valence-electron chi connectivity index (χ3n) is 4.09. The second-order valence-electron chi connectivity index (χ2n) is 6.25. The van der Waals surface area contributed by atoms with Crippen molar-refractivity contribution in [1.29, 1.82) is 0 Å². The van der Waals surface area contributed by atoms with E-state index in [-0.39, 0.29) is 17.1 Å². The summed E-state index contributed by atoms with van der Waals surface area (Å²) in [5, 5.41) is 0. The second-order valence-corrected chi connectivity index (χ2v) is 6.25. The van der Waals surface area contributed by atoms with Crippen LogP contribution in [0.2, 0.25) is 0 Å². The van der Waals surface area contributed by atoms with Crippen molar-refractivity contribution < 1.29 is 4.74 Å². The molecule has 0 aromatic heterocycles. The SMILES string of the molecule is COC1(C)CCCN(CC(C)(C)C(C)N)C1. The highest BCUT2D eigenvalue weighted by atomic mass is 16.5. The highest BCUT2D eigenvalue weighted by molar-refractivity contribution is 4.89. The van der Waals surface area contributed by atoms with Crippen molar-refractivity contribution in [3.63, 3.8) is 0 Å². The van der Waals surface area contributed by atoms with E-state index < -0.39 is 0 Å². The summed E-state index contributed by atoms with van der Waals surface area (Å²) in [6.45, 7) is 12.1. The van der Waals surface area contributed by atoms with E-state index in [0.717, 1.165) is 13.1 Å². The maximum absolute atomic E-state index is 6.03. The molecule has 3 heteroatoms. The number of hydrogen-bond donors (Lipinski definition) is 1. The first-order valence-electron chi connectivity index (χ1n) is 6.32. The minimum Gasteiger partial charge on any atom is -0.377 e. The summed E-state index contributed by atoms with van der Waals surface area (Å²) in [5.74, 6) is 0. The van der Waals surface area contributed by atoms with E-state index in [1.165, 1.54) is 19.4 Å². The molecule has 1 rings (SSSR count). The largest absolute Gasteiger partial charge is 0.377 e. The molecule has 16 heavy (non-hydrogen) atoms. The fourth-order valence-corrected chi connectivity index (χ4v) is 2.33. The number of nitrogens with two attached hydrogens (primary N) is 1. The van der Waals surface area contributed by atoms with Crippen molar-refractivity contribution in [2.24, 2.45) is 11.1 Å². The van der Waals surface area contributed by atoms with Crippen molar-refractivity contribution in [3.05, 3.63) is 0 Å². The summed E-state index contributed by atoms with van der Waals surface area (Å²) in [6, 6.07) is 0.225. The van der Waals surface area contributed by atoms with Crippen molar-refractivity contribution in [2.45, 2.75) is 52.2 Å². The molecule has 2 atom stereocenters. The Hall–Kier alpha value is -0.120. The molecule has 0 amide bonds. The molecular formula is C13H28N2O. The quantitative estimate of drug-likeness (QED) is 0.798. The fourth-order valence-electron chi connectivity index (χ4n) is 2.33. The lowest BCUT2D eigenvalue weighted by Crippen LogP contribution is -2.52. The topological polar surface area (TPSA) is 38.5 Å². The van der Waals surface area contributed by atoms with Gasteiger partial charge in [0.2, 0.25) is 0 Å². The van der Waals surface area contributed by atoms with Gasteiger partial charge in [0.15, 0.2) is 0 Å². The number of hydrogen-bond acceptors (Lipinski definition) is 3. The van der Waals surface area contributed by atoms with Crippen LogP contribution in [-0.4, -0.2) is 43.3 Å². The molecule has 0 aliphatic carbocycles. The zero-order valence-corrected chi connectivity index (χ0v) is 11.5. The Bertz CT molecular complexity index is 228. The van der Waals surface area contributed by atoms with Crippen molar-refractivity contribution in [3.8, 4) is 0 Å². The smallest absolute Gasteiger partial charge is 0.0777 e. The predicted octanol–water partition coefficient (Wildman–Crippen LogP) is 1.86. The summed E-state index contributed by atoms with van der Waals surface area (Å²) < 4.78 is 5.61. The van der Waals surface area contributed by atoms with Crippen LogP contribution in [-0.2, 0) is 4.74 Å². The normalized spacial score (nSPS) is 30.4. The van der Waals surface area contributed by atoms with Crippen molar-refractivity contribution in [1.82, 2.24) is 4.90 Å². The predicted molar refractivity (Wildman–Crippen MR) is 68.5 cm³/mol. The molecule has 96 valence electrons. The van der Waals surface area contributed by atoms with Gasteiger partial charge in [-0.2, -0.15) is 0 Å². The minimum atomic E-state index is 0.0339. The van der Waals surface area contributed by atoms with Crippen LogP contribution in [0.4, 0.5) is 0 Å². The molecule has 0 bridgehead atoms. The average molecular weight is 228 g/mol. The van der Waals surface area contributed by atoms with E-state index in [1.807, 2.05) is 7.11 Å². The first kappa shape index (κ1) is 13.9. The van der Waals surface area contributed by atoms with Crippen molar-refractivity contribution in [2.75, 3.05) is 26.7 Å². The lowest BCUT2D eigenvalue weighted by Gasteiger charge is -2.43. The number of ether oxygens (including phenoxy) is 1. The highest BCUT2D eigenvalue weighted by Gasteiger charge is 2.34. The van der Waals surface area contributed by atoms with E-state index in [4.69, 9.17) is 10.5 Å². The molecule has 0 aromatic carbocycles. The summed E-state index contributed by atoms with van der Waals surface area (Å²) >= 11 is 0. The molecule has 1 fully saturated rings. The number of nitrogens with zero attached hydrogens (tertiary/aromatic N) is 1. The first-order chi connectivity index (χ1) is 7.29. The van der Waals surface area contributed by atoms with Crippen LogP contribution in [0.1, 0.15) is 40.5 Å². The molecule has 0 radical (unpaired) electrons. The Morgan fingerprint density at radius 3 is 2.62 bits per heavy atom. The Balaban J connectivity index is 2.55. The van der Waals surface area contributed by atoms with E-state index in [9.17, 15) is 0 Å². The third kappa shape index (κ3) is 3.44. The van der Waals surface area contributed by atoms with Gasteiger partial charge in [0.1, 0.15) is 0 Å². The molecule has 2 unspecified atom stereocenters. The monoisotopic (exact) mass is 228 g/mol. The molecule has 2 N–H and O–H groups in total. The molecule has 1 saturated heterocycles. The van der Waals surface area contributed by atoms with Crippen LogP contribution >= 0.6 is 0 Å². The van der Waals surface area contributed by atoms with Crippen LogP contribution in [0.25, 0.3) is 0 Å². The van der Waals surface area contributed by atoms with Gasteiger partial charge in [-0.25, -0.2) is 0 Å². The van der Waals surface area contributed by atoms with E-state index in [2.05, 4.69) is 32.6 Å². The zero-order chi connectivity index (χ0) is 12.4. The highest BCUT2D eigenvalue weighted by Crippen LogP contribution is 2.28. The number of likely N-dealkylation sites (tertiary alicyclic amines) is 1. The van der Waals surface area contributed by atoms with Crippen LogP contribution in [0.3, 0.4) is 0 Å². The van der Waals surface area contributed by atoms with Crippen LogP contribution in [0.5, 0.6) is 0 Å². The summed E-state index contributed by atoms with van der Waals surface area (Å²) in [5.41, 5.74) is 6.24. The van der Waals surface area contributed by atoms with Gasteiger partial charge in [-0.15, -0.1) is 0 Å².